The molecule has 13 heavy (non-hydrogen) atoms. The molecule has 0 aromatic rings. The highest BCUT2D eigenvalue weighted by molar-refractivity contribution is 8.14. The Balaban J connectivity index is 2.20. The van der Waals surface area contributed by atoms with E-state index in [0.29, 0.717) is 18.7 Å². The van der Waals surface area contributed by atoms with Crippen LogP contribution in [0, 0.1) is 0 Å². The highest BCUT2D eigenvalue weighted by Gasteiger charge is 2.27. The van der Waals surface area contributed by atoms with Gasteiger partial charge in [-0.05, 0) is 6.42 Å². The Morgan fingerprint density at radius 2 is 2.54 bits per heavy atom. The minimum absolute atomic E-state index is 0.0616. The summed E-state index contributed by atoms with van der Waals surface area (Å²) in [6.07, 6.45) is 0.541. The number of hydrogen-bond acceptors (Lipinski definition) is 4. The number of thioether (sulfide) groups is 1. The molecule has 0 aliphatic carbocycles. The lowest BCUT2D eigenvalue weighted by atomic mass is 10.3. The van der Waals surface area contributed by atoms with Crippen LogP contribution in [-0.2, 0) is 4.79 Å². The van der Waals surface area contributed by atoms with E-state index >= 15 is 0 Å². The van der Waals surface area contributed by atoms with E-state index in [0.717, 1.165) is 11.8 Å². The van der Waals surface area contributed by atoms with Crippen molar-refractivity contribution < 1.29 is 14.7 Å². The topological polar surface area (TPSA) is 78.4 Å². The van der Waals surface area contributed by atoms with E-state index in [2.05, 4.69) is 10.6 Å². The van der Waals surface area contributed by atoms with Gasteiger partial charge in [-0.25, -0.2) is 0 Å². The molecule has 0 bridgehead atoms. The summed E-state index contributed by atoms with van der Waals surface area (Å²) >= 11 is 1.11. The van der Waals surface area contributed by atoms with Crippen molar-refractivity contribution in [3.63, 3.8) is 0 Å². The smallest absolute Gasteiger partial charge is 0.279 e. The molecule has 3 N–H and O–H groups in total. The van der Waals surface area contributed by atoms with Crippen LogP contribution < -0.4 is 10.6 Å². The number of rotatable bonds is 4. The normalized spacial score (nSPS) is 21.3. The maximum absolute atomic E-state index is 11.2. The summed E-state index contributed by atoms with van der Waals surface area (Å²) in [7, 11) is 0. The van der Waals surface area contributed by atoms with Crippen LogP contribution >= 0.6 is 11.8 Å². The molecule has 0 saturated carbocycles. The predicted octanol–water partition coefficient (Wildman–Crippen LogP) is -0.690. The first-order chi connectivity index (χ1) is 6.24. The second-order valence-electron chi connectivity index (χ2n) is 2.66. The van der Waals surface area contributed by atoms with Gasteiger partial charge in [-0.2, -0.15) is 0 Å². The fourth-order valence-electron chi connectivity index (χ4n) is 0.940. The van der Waals surface area contributed by atoms with E-state index < -0.39 is 6.04 Å². The van der Waals surface area contributed by atoms with Gasteiger partial charge >= 0.3 is 0 Å². The van der Waals surface area contributed by atoms with Crippen molar-refractivity contribution in [3.05, 3.63) is 0 Å². The minimum Gasteiger partial charge on any atom is -0.396 e. The number of hydrogen-bond donors (Lipinski definition) is 3. The fraction of sp³-hybridized carbons (Fsp3) is 0.714. The van der Waals surface area contributed by atoms with Crippen molar-refractivity contribution in [1.29, 1.82) is 0 Å². The quantitative estimate of drug-likeness (QED) is 0.530. The first-order valence-corrected chi connectivity index (χ1v) is 5.04. The number of aliphatic hydroxyl groups excluding tert-OH is 1. The highest BCUT2D eigenvalue weighted by atomic mass is 32.2. The Morgan fingerprint density at radius 3 is 3.08 bits per heavy atom. The van der Waals surface area contributed by atoms with E-state index in [4.69, 9.17) is 5.11 Å². The van der Waals surface area contributed by atoms with Crippen molar-refractivity contribution in [3.8, 4) is 0 Å². The third kappa shape index (κ3) is 3.23. The van der Waals surface area contributed by atoms with Crippen LogP contribution in [0.2, 0.25) is 0 Å². The third-order valence-electron chi connectivity index (χ3n) is 1.62. The zero-order chi connectivity index (χ0) is 9.68. The zero-order valence-corrected chi connectivity index (χ0v) is 7.89. The molecule has 1 atom stereocenters. The van der Waals surface area contributed by atoms with Crippen LogP contribution in [0.1, 0.15) is 6.42 Å². The van der Waals surface area contributed by atoms with Crippen LogP contribution in [0.15, 0.2) is 0 Å². The summed E-state index contributed by atoms with van der Waals surface area (Å²) in [6, 6.07) is -0.406. The Morgan fingerprint density at radius 1 is 1.77 bits per heavy atom. The van der Waals surface area contributed by atoms with Gasteiger partial charge in [0.1, 0.15) is 6.04 Å². The van der Waals surface area contributed by atoms with Crippen LogP contribution in [-0.4, -0.2) is 41.2 Å². The van der Waals surface area contributed by atoms with Gasteiger partial charge in [0.25, 0.3) is 5.24 Å². The second-order valence-corrected chi connectivity index (χ2v) is 3.66. The summed E-state index contributed by atoms with van der Waals surface area (Å²) in [4.78, 5) is 22.0. The molecule has 6 heteroatoms. The van der Waals surface area contributed by atoms with Crippen molar-refractivity contribution in [2.24, 2.45) is 0 Å². The molecule has 0 aromatic heterocycles. The van der Waals surface area contributed by atoms with Crippen LogP contribution in [0.25, 0.3) is 0 Å². The van der Waals surface area contributed by atoms with Crippen molar-refractivity contribution >= 4 is 22.9 Å². The van der Waals surface area contributed by atoms with Crippen LogP contribution in [0.3, 0.4) is 0 Å². The summed E-state index contributed by atoms with van der Waals surface area (Å²) in [5.74, 6) is 0.316. The third-order valence-corrected chi connectivity index (χ3v) is 2.50. The fourth-order valence-corrected chi connectivity index (χ4v) is 1.72. The van der Waals surface area contributed by atoms with Gasteiger partial charge in [0.2, 0.25) is 5.91 Å². The molecule has 1 rings (SSSR count). The molecule has 0 radical (unpaired) electrons. The summed E-state index contributed by atoms with van der Waals surface area (Å²) in [5, 5.41) is 13.5. The van der Waals surface area contributed by atoms with Gasteiger partial charge in [0.15, 0.2) is 0 Å². The van der Waals surface area contributed by atoms with Gasteiger partial charge in [-0.15, -0.1) is 0 Å². The molecule has 1 saturated heterocycles. The number of nitrogens with one attached hydrogen (secondary N) is 2. The molecule has 1 aliphatic heterocycles. The average Bonchev–Trinajstić information content (AvgIpc) is 2.52. The predicted molar refractivity (Wildman–Crippen MR) is 49.5 cm³/mol. The molecule has 1 fully saturated rings. The molecule has 2 amide bonds. The summed E-state index contributed by atoms with van der Waals surface area (Å²) < 4.78 is 0. The molecular weight excluding hydrogens is 192 g/mol. The van der Waals surface area contributed by atoms with E-state index in [1.54, 1.807) is 0 Å². The molecule has 5 nitrogen and oxygen atoms in total. The molecule has 1 heterocycles. The molecule has 1 aliphatic rings. The molecule has 74 valence electrons. The number of carbonyl (C=O) groups excluding carboxylic acids is 2. The van der Waals surface area contributed by atoms with Gasteiger partial charge in [0.05, 0.1) is 0 Å². The van der Waals surface area contributed by atoms with Gasteiger partial charge in [0, 0.05) is 18.9 Å². The average molecular weight is 204 g/mol. The number of aliphatic hydroxyl groups is 1. The standard InChI is InChI=1S/C7H12N2O3S/c10-3-1-2-8-6(11)5-4-13-7(12)9-5/h5,10H,1-4H2,(H,8,11)(H,9,12). The zero-order valence-electron chi connectivity index (χ0n) is 7.08. The van der Waals surface area contributed by atoms with E-state index in [9.17, 15) is 9.59 Å². The molecule has 0 spiro atoms. The maximum Gasteiger partial charge on any atom is 0.279 e. The monoisotopic (exact) mass is 204 g/mol. The maximum atomic E-state index is 11.2. The Kier molecular flexibility index (Phi) is 4.04. The number of amides is 2. The van der Waals surface area contributed by atoms with E-state index in [1.807, 2.05) is 0 Å². The van der Waals surface area contributed by atoms with Crippen molar-refractivity contribution in [2.45, 2.75) is 12.5 Å². The number of carbonyl (C=O) groups is 2. The Hall–Kier alpha value is -0.750. The largest absolute Gasteiger partial charge is 0.396 e. The van der Waals surface area contributed by atoms with Crippen LogP contribution in [0.4, 0.5) is 4.79 Å². The first-order valence-electron chi connectivity index (χ1n) is 4.06. The molecule has 1 unspecified atom stereocenters. The lowest BCUT2D eigenvalue weighted by Crippen LogP contribution is -2.43. The molecular formula is C7H12N2O3S. The van der Waals surface area contributed by atoms with Gasteiger partial charge < -0.3 is 15.7 Å². The van der Waals surface area contributed by atoms with E-state index in [-0.39, 0.29) is 17.8 Å². The Labute approximate surface area is 80.3 Å². The minimum atomic E-state index is -0.406. The first kappa shape index (κ1) is 10.3. The highest BCUT2D eigenvalue weighted by Crippen LogP contribution is 2.12. The van der Waals surface area contributed by atoms with E-state index in [1.165, 1.54) is 0 Å². The Bertz CT molecular complexity index is 210. The molecule has 0 aromatic carbocycles. The van der Waals surface area contributed by atoms with Crippen molar-refractivity contribution in [2.75, 3.05) is 18.9 Å². The summed E-state index contributed by atoms with van der Waals surface area (Å²) in [5.41, 5.74) is 0. The lowest BCUT2D eigenvalue weighted by Gasteiger charge is -2.08. The van der Waals surface area contributed by atoms with Gasteiger partial charge in [-0.1, -0.05) is 11.8 Å². The summed E-state index contributed by atoms with van der Waals surface area (Å²) in [6.45, 7) is 0.512. The second kappa shape index (κ2) is 5.08. The van der Waals surface area contributed by atoms with Gasteiger partial charge in [-0.3, -0.25) is 9.59 Å². The lowest BCUT2D eigenvalue weighted by molar-refractivity contribution is -0.122. The van der Waals surface area contributed by atoms with Crippen molar-refractivity contribution in [1.82, 2.24) is 10.6 Å². The van der Waals surface area contributed by atoms with Crippen LogP contribution in [0.5, 0.6) is 0 Å². The SMILES string of the molecule is O=C1NC(C(=O)NCCCO)CS1.